The molecule has 0 aromatic heterocycles. The van der Waals surface area contributed by atoms with Crippen molar-refractivity contribution in [1.29, 1.82) is 0 Å². The molecule has 1 atom stereocenters. The van der Waals surface area contributed by atoms with E-state index in [4.69, 9.17) is 0 Å². The van der Waals surface area contributed by atoms with Crippen LogP contribution in [-0.2, 0) is 19.7 Å². The van der Waals surface area contributed by atoms with Crippen LogP contribution in [0.4, 0.5) is 10.5 Å². The number of carbonyl (C=O) groups excluding carboxylic acids is 1. The van der Waals surface area contributed by atoms with Gasteiger partial charge in [0.25, 0.3) is 0 Å². The molecule has 0 bridgehead atoms. The molecule has 0 aliphatic carbocycles. The topological polar surface area (TPSA) is 113 Å². The number of fused-ring (bicyclic) bond motifs is 1. The normalized spacial score (nSPS) is 17.8. The van der Waals surface area contributed by atoms with E-state index in [1.807, 2.05) is 0 Å². The third-order valence-electron chi connectivity index (χ3n) is 3.19. The molecular weight excluding hydrogens is 300 g/mol. The number of hydrogen-bond acceptors (Lipinski definition) is 5. The summed E-state index contributed by atoms with van der Waals surface area (Å²) in [5.74, 6) is -1.79. The van der Waals surface area contributed by atoms with E-state index in [0.29, 0.717) is 5.56 Å². The Balaban J connectivity index is 2.42. The number of methoxy groups -OCH3 is 1. The molecule has 1 aromatic carbocycles. The van der Waals surface area contributed by atoms with Crippen LogP contribution in [0.3, 0.4) is 0 Å². The number of aliphatic carboxylic acids is 1. The summed E-state index contributed by atoms with van der Waals surface area (Å²) in [5, 5.41) is 9.20. The lowest BCUT2D eigenvalue weighted by Crippen LogP contribution is -2.46. The number of benzene rings is 1. The molecule has 0 saturated carbocycles. The number of anilines is 1. The molecule has 9 heteroatoms. The Labute approximate surface area is 121 Å². The van der Waals surface area contributed by atoms with Crippen LogP contribution in [-0.4, -0.2) is 39.2 Å². The minimum absolute atomic E-state index is 0.0414. The second-order valence-electron chi connectivity index (χ2n) is 4.41. The molecule has 1 aliphatic heterocycles. The highest BCUT2D eigenvalue weighted by Gasteiger charge is 2.35. The van der Waals surface area contributed by atoms with Crippen LogP contribution in [0.2, 0.25) is 0 Å². The van der Waals surface area contributed by atoms with E-state index in [1.54, 1.807) is 22.9 Å². The third kappa shape index (κ3) is 2.92. The van der Waals surface area contributed by atoms with Crippen molar-refractivity contribution in [3.05, 3.63) is 29.8 Å². The minimum atomic E-state index is -4.14. The van der Waals surface area contributed by atoms with Crippen LogP contribution in [0.25, 0.3) is 0 Å². The first kappa shape index (κ1) is 15.1. The van der Waals surface area contributed by atoms with Gasteiger partial charge in [0, 0.05) is 6.54 Å². The Morgan fingerprint density at radius 3 is 2.67 bits per heavy atom. The van der Waals surface area contributed by atoms with E-state index in [9.17, 15) is 23.1 Å². The highest BCUT2D eigenvalue weighted by molar-refractivity contribution is 7.91. The van der Waals surface area contributed by atoms with Gasteiger partial charge in [0.1, 0.15) is 0 Å². The maximum atomic E-state index is 12.2. The number of carboxylic acids is 1. The summed E-state index contributed by atoms with van der Waals surface area (Å²) in [6.07, 6.45) is -0.984. The molecule has 8 nitrogen and oxygen atoms in total. The number of carbonyl (C=O) groups is 2. The molecule has 1 aliphatic rings. The molecule has 0 saturated heterocycles. The lowest BCUT2D eigenvalue weighted by Gasteiger charge is -2.32. The van der Waals surface area contributed by atoms with Crippen molar-refractivity contribution >= 4 is 28.0 Å². The number of amides is 1. The maximum Gasteiger partial charge on any atom is 0.422 e. The van der Waals surface area contributed by atoms with Gasteiger partial charge in [-0.25, -0.2) is 9.52 Å². The van der Waals surface area contributed by atoms with Gasteiger partial charge in [0.05, 0.1) is 18.7 Å². The molecule has 2 rings (SSSR count). The van der Waals surface area contributed by atoms with Crippen LogP contribution in [0.15, 0.2) is 24.3 Å². The summed E-state index contributed by atoms with van der Waals surface area (Å²) in [4.78, 5) is 22.4. The third-order valence-corrected chi connectivity index (χ3v) is 4.57. The van der Waals surface area contributed by atoms with Crippen LogP contribution >= 0.6 is 0 Å². The van der Waals surface area contributed by atoms with Crippen molar-refractivity contribution < 1.29 is 27.9 Å². The summed E-state index contributed by atoms with van der Waals surface area (Å²) in [7, 11) is -3.09. The van der Waals surface area contributed by atoms with E-state index in [0.717, 1.165) is 11.4 Å². The largest absolute Gasteiger partial charge is 0.481 e. The molecule has 1 amide bonds. The number of nitrogens with zero attached hydrogens (tertiary/aromatic N) is 1. The molecule has 1 heterocycles. The highest BCUT2D eigenvalue weighted by Crippen LogP contribution is 2.36. The number of ether oxygens (including phenoxy) is 1. The van der Waals surface area contributed by atoms with Gasteiger partial charge in [-0.15, -0.1) is 0 Å². The fraction of sp³-hybridized carbons (Fsp3) is 0.333. The van der Waals surface area contributed by atoms with Crippen LogP contribution in [0.1, 0.15) is 17.9 Å². The Bertz CT molecular complexity index is 672. The van der Waals surface area contributed by atoms with Gasteiger partial charge in [-0.1, -0.05) is 18.2 Å². The summed E-state index contributed by atoms with van der Waals surface area (Å²) in [6.45, 7) is -0.0414. The van der Waals surface area contributed by atoms with E-state index in [2.05, 4.69) is 4.74 Å². The second kappa shape index (κ2) is 5.60. The second-order valence-corrected chi connectivity index (χ2v) is 6.00. The van der Waals surface area contributed by atoms with Crippen LogP contribution in [0, 0.1) is 0 Å². The van der Waals surface area contributed by atoms with Crippen LogP contribution < -0.4 is 9.03 Å². The number of carboxylic acid groups (broad SMARTS) is 1. The van der Waals surface area contributed by atoms with Gasteiger partial charge < -0.3 is 9.84 Å². The Kier molecular flexibility index (Phi) is 4.03. The SMILES string of the molecule is COC(=O)NS(=O)(=O)N1CCC(C(=O)O)c2ccccc21. The molecule has 1 unspecified atom stereocenters. The number of rotatable bonds is 3. The van der Waals surface area contributed by atoms with Crippen LogP contribution in [0.5, 0.6) is 0 Å². The average Bonchev–Trinajstić information content (AvgIpc) is 2.45. The smallest absolute Gasteiger partial charge is 0.422 e. The van der Waals surface area contributed by atoms with Gasteiger partial charge in [-0.05, 0) is 18.1 Å². The lowest BCUT2D eigenvalue weighted by molar-refractivity contribution is -0.139. The van der Waals surface area contributed by atoms with Gasteiger partial charge in [0.15, 0.2) is 0 Å². The molecule has 0 radical (unpaired) electrons. The van der Waals surface area contributed by atoms with E-state index < -0.39 is 28.2 Å². The lowest BCUT2D eigenvalue weighted by atomic mass is 9.91. The van der Waals surface area contributed by atoms with E-state index in [-0.39, 0.29) is 18.7 Å². The number of para-hydroxylation sites is 1. The molecule has 0 fully saturated rings. The minimum Gasteiger partial charge on any atom is -0.481 e. The zero-order chi connectivity index (χ0) is 15.6. The first-order valence-corrected chi connectivity index (χ1v) is 7.51. The first-order chi connectivity index (χ1) is 9.86. The van der Waals surface area contributed by atoms with Crippen molar-refractivity contribution in [2.45, 2.75) is 12.3 Å². The van der Waals surface area contributed by atoms with Crippen molar-refractivity contribution in [2.24, 2.45) is 0 Å². The van der Waals surface area contributed by atoms with Crippen molar-refractivity contribution in [2.75, 3.05) is 18.0 Å². The predicted octanol–water partition coefficient (Wildman–Crippen LogP) is 0.666. The fourth-order valence-electron chi connectivity index (χ4n) is 2.24. The zero-order valence-electron chi connectivity index (χ0n) is 11.1. The van der Waals surface area contributed by atoms with Crippen molar-refractivity contribution in [3.63, 3.8) is 0 Å². The number of hydrogen-bond donors (Lipinski definition) is 2. The maximum absolute atomic E-state index is 12.2. The fourth-order valence-corrected chi connectivity index (χ4v) is 3.41. The molecular formula is C12H14N2O6S. The van der Waals surface area contributed by atoms with E-state index >= 15 is 0 Å². The van der Waals surface area contributed by atoms with Crippen molar-refractivity contribution in [1.82, 2.24) is 4.72 Å². The quantitative estimate of drug-likeness (QED) is 0.847. The molecule has 2 N–H and O–H groups in total. The Morgan fingerprint density at radius 1 is 1.38 bits per heavy atom. The zero-order valence-corrected chi connectivity index (χ0v) is 12.0. The summed E-state index contributed by atoms with van der Waals surface area (Å²) in [5.41, 5.74) is 0.638. The molecule has 114 valence electrons. The monoisotopic (exact) mass is 314 g/mol. The molecule has 21 heavy (non-hydrogen) atoms. The average molecular weight is 314 g/mol. The predicted molar refractivity (Wildman–Crippen MR) is 73.2 cm³/mol. The van der Waals surface area contributed by atoms with Gasteiger partial charge in [-0.2, -0.15) is 8.42 Å². The van der Waals surface area contributed by atoms with Gasteiger partial charge in [0.2, 0.25) is 0 Å². The van der Waals surface area contributed by atoms with Crippen molar-refractivity contribution in [3.8, 4) is 0 Å². The number of nitrogens with one attached hydrogen (secondary N) is 1. The van der Waals surface area contributed by atoms with E-state index in [1.165, 1.54) is 6.07 Å². The first-order valence-electron chi connectivity index (χ1n) is 6.07. The molecule has 1 aromatic rings. The summed E-state index contributed by atoms with van der Waals surface area (Å²) in [6, 6.07) is 6.30. The summed E-state index contributed by atoms with van der Waals surface area (Å²) >= 11 is 0. The standard InChI is InChI=1S/C12H14N2O6S/c1-20-12(17)13-21(18,19)14-7-6-9(11(15)16)8-4-2-3-5-10(8)14/h2-5,9H,6-7H2,1H3,(H,13,17)(H,15,16). The Morgan fingerprint density at radius 2 is 2.05 bits per heavy atom. The summed E-state index contributed by atoms with van der Waals surface area (Å²) < 4.78 is 31.3. The van der Waals surface area contributed by atoms with Gasteiger partial charge >= 0.3 is 22.3 Å². The Hall–Kier alpha value is -2.29. The molecule has 0 spiro atoms. The highest BCUT2D eigenvalue weighted by atomic mass is 32.2. The van der Waals surface area contributed by atoms with Gasteiger partial charge in [-0.3, -0.25) is 9.10 Å².